The van der Waals surface area contributed by atoms with Crippen LogP contribution in [0.25, 0.3) is 44.6 Å². The highest BCUT2D eigenvalue weighted by Gasteiger charge is 2.43. The molecule has 0 bridgehead atoms. The van der Waals surface area contributed by atoms with Crippen molar-refractivity contribution in [1.82, 2.24) is 19.5 Å². The fourth-order valence-corrected chi connectivity index (χ4v) is 10.7. The number of benzene rings is 4. The maximum absolute atomic E-state index is 13.6. The van der Waals surface area contributed by atoms with Gasteiger partial charge in [0.05, 0.1) is 25.1 Å². The number of aryl methyl sites for hydroxylation is 1. The molecule has 8 rings (SSSR count). The lowest BCUT2D eigenvalue weighted by Gasteiger charge is -2.19. The van der Waals surface area contributed by atoms with E-state index < -0.39 is 48.5 Å². The highest BCUT2D eigenvalue weighted by molar-refractivity contribution is 7.66. The molecule has 4 heterocycles. The molecule has 0 amide bonds. The summed E-state index contributed by atoms with van der Waals surface area (Å²) in [5.74, 6) is 6.93. The van der Waals surface area contributed by atoms with Crippen LogP contribution in [-0.4, -0.2) is 75.3 Å². The number of hydrogen-bond acceptors (Lipinski definition) is 17. The molecule has 69 heavy (non-hydrogen) atoms. The van der Waals surface area contributed by atoms with Crippen molar-refractivity contribution in [2.75, 3.05) is 11.9 Å². The Balaban J connectivity index is 0.891. The van der Waals surface area contributed by atoms with E-state index in [1.807, 2.05) is 56.3 Å². The van der Waals surface area contributed by atoms with Gasteiger partial charge < -0.3 is 43.9 Å². The lowest BCUT2D eigenvalue weighted by atomic mass is 9.91. The third kappa shape index (κ3) is 11.6. The van der Waals surface area contributed by atoms with Crippen LogP contribution in [0.1, 0.15) is 65.5 Å². The molecule has 22 nitrogen and oxygen atoms in total. The van der Waals surface area contributed by atoms with Gasteiger partial charge in [-0.15, -0.1) is 0 Å². The molecular weight excluding hydrogens is 963 g/mol. The normalized spacial score (nSPS) is 18.3. The molecule has 1 aliphatic carbocycles. The standard InChI is InChI=1S/C44H40N5O17P3/c1-25-7-14-31-37(17-25)63-38-19-30(51)13-15-32(38)41(31)33-18-29(12-16-36(33)61-24-50)34(52)6-4-3-5-27-8-10-28(11-9-27)26(2)48-43-42-44(46-22-45-43)49(23-47-42)40-20-35(53)39(64-40)21-62-68(57,58)66-69(59,60)65-67(54,55)56/h7-19,22-24,26,35,39-40,53H,4,6,20-21H2,1-2H3,(H,57,58)(H,59,60)(H,45,46,48)(H2,54,55,56)/t26?,35?,39-,40-/m1/s1. The number of nitrogens with one attached hydrogen (secondary N) is 1. The van der Waals surface area contributed by atoms with Gasteiger partial charge in [-0.3, -0.25) is 23.5 Å². The van der Waals surface area contributed by atoms with Crippen LogP contribution in [0.15, 0.2) is 101 Å². The lowest BCUT2D eigenvalue weighted by molar-refractivity contribution is -0.120. The van der Waals surface area contributed by atoms with Crippen LogP contribution in [0.3, 0.4) is 0 Å². The van der Waals surface area contributed by atoms with Crippen LogP contribution in [0.4, 0.5) is 5.82 Å². The van der Waals surface area contributed by atoms with Gasteiger partial charge in [0.2, 0.25) is 0 Å². The maximum Gasteiger partial charge on any atom is 0.490 e. The summed E-state index contributed by atoms with van der Waals surface area (Å²) in [6.07, 6.45) is -0.461. The molecule has 0 spiro atoms. The zero-order valence-electron chi connectivity index (χ0n) is 36.1. The minimum atomic E-state index is -5.73. The van der Waals surface area contributed by atoms with Crippen molar-refractivity contribution in [3.05, 3.63) is 124 Å². The van der Waals surface area contributed by atoms with E-state index in [4.69, 9.17) is 23.7 Å². The second kappa shape index (κ2) is 20.0. The number of hydrogen-bond donors (Lipinski definition) is 6. The predicted molar refractivity (Wildman–Crippen MR) is 245 cm³/mol. The number of carbonyl (C=O) groups excluding carboxylic acids is 2. The molecular formula is C44H40N5O17P3. The number of Topliss-reactive ketones (excluding diaryl/α,β-unsaturated/α-hetero) is 1. The Bertz CT molecular complexity index is 3350. The third-order valence-electron chi connectivity index (χ3n) is 10.8. The number of phosphoric ester groups is 1. The minimum Gasteiger partial charge on any atom is -0.456 e. The zero-order valence-corrected chi connectivity index (χ0v) is 38.8. The largest absolute Gasteiger partial charge is 0.490 e. The fraction of sp³-hybridized carbons (Fsp3) is 0.227. The Morgan fingerprint density at radius 2 is 1.74 bits per heavy atom. The molecule has 3 aromatic carbocycles. The zero-order chi connectivity index (χ0) is 49.3. The third-order valence-corrected chi connectivity index (χ3v) is 14.6. The predicted octanol–water partition coefficient (Wildman–Crippen LogP) is 6.73. The van der Waals surface area contributed by atoms with Crippen LogP contribution >= 0.6 is 23.5 Å². The summed E-state index contributed by atoms with van der Waals surface area (Å²) >= 11 is 0. The number of ketones is 1. The molecule has 1 fully saturated rings. The summed E-state index contributed by atoms with van der Waals surface area (Å²) in [4.78, 5) is 87.1. The quantitative estimate of drug-likeness (QED) is 0.0181. The molecule has 0 radical (unpaired) electrons. The smallest absolute Gasteiger partial charge is 0.456 e. The summed E-state index contributed by atoms with van der Waals surface area (Å²) in [5, 5.41) is 14.6. The SMILES string of the molecule is Cc1ccc2c(-c3cc(C(=O)CCC#Cc4ccc(C(C)Nc5ncnc6c5ncn6[C@H]5CC(O)[C@@H](COP(=O)(O)OP(=O)(O)OP(=O)(O)O)O5)cc4)ccc3OC=O)c3ccc(=O)cc-3oc2c1. The lowest BCUT2D eigenvalue weighted by Crippen LogP contribution is -2.26. The highest BCUT2D eigenvalue weighted by Crippen LogP contribution is 2.66. The van der Waals surface area contributed by atoms with Crippen molar-refractivity contribution < 1.29 is 75.0 Å². The topological polar surface area (TPSA) is 318 Å². The number of imidazole rings is 1. The molecule has 1 saturated heterocycles. The maximum atomic E-state index is 13.6. The van der Waals surface area contributed by atoms with Crippen molar-refractivity contribution in [3.8, 4) is 40.0 Å². The fourth-order valence-electron chi connectivity index (χ4n) is 7.62. The van der Waals surface area contributed by atoms with Gasteiger partial charge in [0, 0.05) is 58.5 Å². The monoisotopic (exact) mass is 1000 g/mol. The van der Waals surface area contributed by atoms with Crippen LogP contribution in [0.5, 0.6) is 5.75 Å². The summed E-state index contributed by atoms with van der Waals surface area (Å²) in [6.45, 7) is 3.29. The van der Waals surface area contributed by atoms with E-state index in [2.05, 4.69) is 45.3 Å². The number of aliphatic hydroxyl groups is 1. The average Bonchev–Trinajstić information content (AvgIpc) is 3.89. The second-order valence-corrected chi connectivity index (χ2v) is 20.1. The van der Waals surface area contributed by atoms with E-state index in [1.165, 1.54) is 29.4 Å². The van der Waals surface area contributed by atoms with Crippen LogP contribution in [0, 0.1) is 18.8 Å². The first kappa shape index (κ1) is 49.2. The van der Waals surface area contributed by atoms with Gasteiger partial charge >= 0.3 is 23.5 Å². The van der Waals surface area contributed by atoms with Crippen LogP contribution in [-0.2, 0) is 36.4 Å². The number of ether oxygens (including phenoxy) is 2. The van der Waals surface area contributed by atoms with Crippen molar-refractivity contribution >= 4 is 63.7 Å². The first-order chi connectivity index (χ1) is 32.8. The number of anilines is 1. The molecule has 5 aromatic rings. The number of phosphoric acid groups is 3. The molecule has 2 aromatic heterocycles. The molecule has 6 N–H and O–H groups in total. The summed E-state index contributed by atoms with van der Waals surface area (Å²) < 4.78 is 65.5. The molecule has 358 valence electrons. The first-order valence-corrected chi connectivity index (χ1v) is 25.2. The van der Waals surface area contributed by atoms with Crippen molar-refractivity contribution in [3.63, 3.8) is 0 Å². The van der Waals surface area contributed by atoms with Gasteiger partial charge in [0.25, 0.3) is 6.47 Å². The molecule has 3 aliphatic rings. The number of aliphatic hydroxyl groups excluding tert-OH is 1. The summed E-state index contributed by atoms with van der Waals surface area (Å²) in [5.41, 5.74) is 5.57. The van der Waals surface area contributed by atoms with E-state index in [0.717, 1.165) is 11.1 Å². The summed E-state index contributed by atoms with van der Waals surface area (Å²) in [7, 11) is -16.8. The van der Waals surface area contributed by atoms with Gasteiger partial charge in [-0.05, 0) is 73.5 Å². The Hall–Kier alpha value is -6.27. The van der Waals surface area contributed by atoms with E-state index >= 15 is 0 Å². The Morgan fingerprint density at radius 1 is 0.957 bits per heavy atom. The second-order valence-electron chi connectivity index (χ2n) is 15.6. The number of nitrogens with zero attached hydrogens (tertiary/aromatic N) is 4. The van der Waals surface area contributed by atoms with E-state index in [0.29, 0.717) is 68.0 Å². The average molecular weight is 1000 g/mol. The number of carbonyl (C=O) groups is 2. The van der Waals surface area contributed by atoms with Crippen molar-refractivity contribution in [2.24, 2.45) is 0 Å². The Labute approximate surface area is 390 Å². The summed E-state index contributed by atoms with van der Waals surface area (Å²) in [6, 6.07) is 22.1. The van der Waals surface area contributed by atoms with E-state index in [9.17, 15) is 43.0 Å². The molecule has 0 saturated carbocycles. The first-order valence-electron chi connectivity index (χ1n) is 20.7. The van der Waals surface area contributed by atoms with Crippen molar-refractivity contribution in [1.29, 1.82) is 0 Å². The van der Waals surface area contributed by atoms with Crippen LogP contribution < -0.4 is 15.5 Å². The van der Waals surface area contributed by atoms with E-state index in [-0.39, 0.29) is 42.3 Å². The minimum absolute atomic E-state index is 0.0631. The Morgan fingerprint density at radius 3 is 2.49 bits per heavy atom. The molecule has 2 aliphatic heterocycles. The number of fused-ring (bicyclic) bond motifs is 3. The van der Waals surface area contributed by atoms with Gasteiger partial charge in [-0.2, -0.15) is 8.62 Å². The van der Waals surface area contributed by atoms with Crippen LogP contribution in [0.2, 0.25) is 0 Å². The number of aromatic nitrogens is 4. The van der Waals surface area contributed by atoms with Gasteiger partial charge in [0.1, 0.15) is 35.8 Å². The molecule has 25 heteroatoms. The van der Waals surface area contributed by atoms with Gasteiger partial charge in [0.15, 0.2) is 28.2 Å². The van der Waals surface area contributed by atoms with Crippen molar-refractivity contribution in [2.45, 2.75) is 57.6 Å². The van der Waals surface area contributed by atoms with Gasteiger partial charge in [-0.25, -0.2) is 28.6 Å². The molecule has 6 atom stereocenters. The highest BCUT2D eigenvalue weighted by atomic mass is 31.3. The van der Waals surface area contributed by atoms with Gasteiger partial charge in [-0.1, -0.05) is 36.1 Å². The molecule has 4 unspecified atom stereocenters. The number of rotatable bonds is 17. The Kier molecular flexibility index (Phi) is 14.2. The van der Waals surface area contributed by atoms with E-state index in [1.54, 1.807) is 24.3 Å².